The summed E-state index contributed by atoms with van der Waals surface area (Å²) >= 11 is 0.886. The minimum atomic E-state index is -5.14. The van der Waals surface area contributed by atoms with E-state index in [1.54, 1.807) is 6.92 Å². The van der Waals surface area contributed by atoms with E-state index >= 15 is 0 Å². The van der Waals surface area contributed by atoms with Crippen LogP contribution in [0.5, 0.6) is 0 Å². The van der Waals surface area contributed by atoms with Crippen LogP contribution in [0.2, 0.25) is 0 Å². The summed E-state index contributed by atoms with van der Waals surface area (Å²) in [6.45, 7) is 1.63. The van der Waals surface area contributed by atoms with Crippen LogP contribution in [0.4, 0.5) is 13.2 Å². The van der Waals surface area contributed by atoms with Gasteiger partial charge in [0.1, 0.15) is 5.37 Å². The van der Waals surface area contributed by atoms with Crippen molar-refractivity contribution in [1.29, 1.82) is 0 Å². The number of hydrogen-bond acceptors (Lipinski definition) is 4. The summed E-state index contributed by atoms with van der Waals surface area (Å²) in [5, 5.41) is 7.61. The van der Waals surface area contributed by atoms with Crippen molar-refractivity contribution in [3.63, 3.8) is 0 Å². The summed E-state index contributed by atoms with van der Waals surface area (Å²) in [5.41, 5.74) is -1.35. The van der Waals surface area contributed by atoms with E-state index < -0.39 is 46.8 Å². The number of carbonyl (C=O) groups excluding carboxylic acids is 2. The molecule has 20 heavy (non-hydrogen) atoms. The molecule has 0 unspecified atom stereocenters. The van der Waals surface area contributed by atoms with E-state index in [0.29, 0.717) is 0 Å². The Morgan fingerprint density at radius 3 is 2.30 bits per heavy atom. The molecule has 9 heteroatoms. The van der Waals surface area contributed by atoms with Gasteiger partial charge in [0.15, 0.2) is 0 Å². The van der Waals surface area contributed by atoms with Gasteiger partial charge in [0.25, 0.3) is 11.7 Å². The number of aliphatic carboxylic acids is 1. The summed E-state index contributed by atoms with van der Waals surface area (Å²) in [5.74, 6) is -4.45. The Hall–Kier alpha value is -1.51. The van der Waals surface area contributed by atoms with Crippen LogP contribution in [0, 0.1) is 0 Å². The molecule has 5 nitrogen and oxygen atoms in total. The maximum Gasteiger partial charge on any atom is 0.454 e. The standard InChI is InChI=1S/C11H12F3NO4S/c1-3-15-9(19)5(4-6(16)17)7(10(15)20-2)8(18)11(12,13)14/h10H,3-4H2,1-2H3,(H,16,17)/t10-/m0/s1. The van der Waals surface area contributed by atoms with Gasteiger partial charge in [0, 0.05) is 17.7 Å². The minimum absolute atomic E-state index is 0.0854. The monoisotopic (exact) mass is 311 g/mol. The van der Waals surface area contributed by atoms with E-state index in [1.807, 2.05) is 0 Å². The number of thioether (sulfide) groups is 1. The van der Waals surface area contributed by atoms with Crippen LogP contribution in [0.25, 0.3) is 0 Å². The summed E-state index contributed by atoms with van der Waals surface area (Å²) < 4.78 is 37.8. The second-order valence-electron chi connectivity index (χ2n) is 3.97. The summed E-state index contributed by atoms with van der Waals surface area (Å²) in [6.07, 6.45) is -4.59. The van der Waals surface area contributed by atoms with E-state index in [0.717, 1.165) is 16.7 Å². The predicted molar refractivity (Wildman–Crippen MR) is 65.0 cm³/mol. The fourth-order valence-corrected chi connectivity index (χ4v) is 2.96. The van der Waals surface area contributed by atoms with Gasteiger partial charge in [-0.3, -0.25) is 14.4 Å². The Bertz CT molecular complexity index is 487. The van der Waals surface area contributed by atoms with Gasteiger partial charge in [0.2, 0.25) is 0 Å². The van der Waals surface area contributed by atoms with Gasteiger partial charge in [-0.2, -0.15) is 13.2 Å². The molecule has 0 spiro atoms. The van der Waals surface area contributed by atoms with Gasteiger partial charge in [-0.05, 0) is 13.2 Å². The Balaban J connectivity index is 3.39. The summed E-state index contributed by atoms with van der Waals surface area (Å²) in [7, 11) is 0. The lowest BCUT2D eigenvalue weighted by Crippen LogP contribution is -2.36. The zero-order valence-corrected chi connectivity index (χ0v) is 11.5. The van der Waals surface area contributed by atoms with E-state index in [1.165, 1.54) is 6.26 Å². The molecule has 0 aromatic heterocycles. The highest BCUT2D eigenvalue weighted by Crippen LogP contribution is 2.37. The topological polar surface area (TPSA) is 74.7 Å². The maximum atomic E-state index is 12.6. The zero-order valence-electron chi connectivity index (χ0n) is 10.7. The molecule has 0 aromatic rings. The molecule has 1 rings (SSSR count). The molecule has 1 heterocycles. The number of carboxylic acids is 1. The van der Waals surface area contributed by atoms with Gasteiger partial charge in [-0.15, -0.1) is 11.8 Å². The number of likely N-dealkylation sites (N-methyl/N-ethyl adjacent to an activating group) is 1. The third-order valence-electron chi connectivity index (χ3n) is 2.77. The molecule has 1 aliphatic rings. The molecule has 1 amide bonds. The number of halogens is 3. The molecular weight excluding hydrogens is 299 g/mol. The number of Topliss-reactive ketones (excluding diaryl/α,β-unsaturated/α-hetero) is 1. The zero-order chi connectivity index (χ0) is 15.7. The molecule has 1 N–H and O–H groups in total. The number of alkyl halides is 3. The summed E-state index contributed by atoms with van der Waals surface area (Å²) in [4.78, 5) is 35.2. The highest BCUT2D eigenvalue weighted by atomic mass is 32.2. The van der Waals surface area contributed by atoms with Gasteiger partial charge in [-0.1, -0.05) is 0 Å². The maximum absolute atomic E-state index is 12.6. The molecule has 0 radical (unpaired) electrons. The lowest BCUT2D eigenvalue weighted by atomic mass is 10.0. The SMILES string of the molecule is CCN1C(=O)C(CC(=O)O)=C(C(=O)C(F)(F)F)[C@@H]1SC. The Morgan fingerprint density at radius 2 is 1.95 bits per heavy atom. The lowest BCUT2D eigenvalue weighted by molar-refractivity contribution is -0.166. The first-order chi connectivity index (χ1) is 9.15. The molecule has 0 saturated carbocycles. The van der Waals surface area contributed by atoms with Gasteiger partial charge >= 0.3 is 12.1 Å². The van der Waals surface area contributed by atoms with Crippen molar-refractivity contribution in [1.82, 2.24) is 4.90 Å². The number of hydrogen-bond donors (Lipinski definition) is 1. The van der Waals surface area contributed by atoms with Crippen LogP contribution in [-0.4, -0.2) is 52.0 Å². The normalized spacial score (nSPS) is 19.8. The quantitative estimate of drug-likeness (QED) is 0.831. The van der Waals surface area contributed by atoms with Crippen molar-refractivity contribution in [3.05, 3.63) is 11.1 Å². The van der Waals surface area contributed by atoms with Crippen LogP contribution >= 0.6 is 11.8 Å². The largest absolute Gasteiger partial charge is 0.481 e. The highest BCUT2D eigenvalue weighted by molar-refractivity contribution is 7.99. The Morgan fingerprint density at radius 1 is 1.40 bits per heavy atom. The van der Waals surface area contributed by atoms with Crippen molar-refractivity contribution in [2.24, 2.45) is 0 Å². The first-order valence-corrected chi connectivity index (χ1v) is 6.84. The van der Waals surface area contributed by atoms with Crippen molar-refractivity contribution in [3.8, 4) is 0 Å². The number of carbonyl (C=O) groups is 3. The number of carboxylic acid groups (broad SMARTS) is 1. The van der Waals surface area contributed by atoms with E-state index in [9.17, 15) is 27.6 Å². The third kappa shape index (κ3) is 2.97. The minimum Gasteiger partial charge on any atom is -0.481 e. The van der Waals surface area contributed by atoms with Crippen LogP contribution < -0.4 is 0 Å². The molecule has 112 valence electrons. The second-order valence-corrected chi connectivity index (χ2v) is 4.89. The number of ketones is 1. The first kappa shape index (κ1) is 16.5. The van der Waals surface area contributed by atoms with Crippen molar-refractivity contribution in [2.45, 2.75) is 24.9 Å². The van der Waals surface area contributed by atoms with Crippen molar-refractivity contribution in [2.75, 3.05) is 12.8 Å². The molecule has 1 atom stereocenters. The third-order valence-corrected chi connectivity index (χ3v) is 3.70. The number of amides is 1. The molecule has 0 aliphatic carbocycles. The molecule has 0 fully saturated rings. The van der Waals surface area contributed by atoms with Gasteiger partial charge in [0.05, 0.1) is 6.42 Å². The van der Waals surface area contributed by atoms with E-state index in [4.69, 9.17) is 5.11 Å². The Labute approximate surface area is 116 Å². The molecule has 0 aromatic carbocycles. The van der Waals surface area contributed by atoms with Crippen LogP contribution in [0.15, 0.2) is 11.1 Å². The Kier molecular flexibility index (Phi) is 4.85. The predicted octanol–water partition coefficient (Wildman–Crippen LogP) is 1.44. The number of rotatable bonds is 5. The van der Waals surface area contributed by atoms with Crippen LogP contribution in [0.1, 0.15) is 13.3 Å². The second kappa shape index (κ2) is 5.86. The van der Waals surface area contributed by atoms with E-state index in [2.05, 4.69) is 0 Å². The fourth-order valence-electron chi connectivity index (χ4n) is 1.98. The first-order valence-electron chi connectivity index (χ1n) is 5.55. The molecule has 1 aliphatic heterocycles. The molecule has 0 bridgehead atoms. The smallest absolute Gasteiger partial charge is 0.454 e. The van der Waals surface area contributed by atoms with Gasteiger partial charge < -0.3 is 10.0 Å². The average Bonchev–Trinajstić information content (AvgIpc) is 2.59. The van der Waals surface area contributed by atoms with Crippen LogP contribution in [-0.2, 0) is 14.4 Å². The lowest BCUT2D eigenvalue weighted by Gasteiger charge is -2.23. The van der Waals surface area contributed by atoms with Crippen molar-refractivity contribution >= 4 is 29.4 Å². The average molecular weight is 311 g/mol. The molecule has 0 saturated heterocycles. The highest BCUT2D eigenvalue weighted by Gasteiger charge is 2.50. The van der Waals surface area contributed by atoms with E-state index in [-0.39, 0.29) is 6.54 Å². The number of nitrogens with zero attached hydrogens (tertiary/aromatic N) is 1. The van der Waals surface area contributed by atoms with Crippen molar-refractivity contribution < 1.29 is 32.7 Å². The summed E-state index contributed by atoms with van der Waals surface area (Å²) in [6, 6.07) is 0. The molecular formula is C11H12F3NO4S. The van der Waals surface area contributed by atoms with Crippen LogP contribution in [0.3, 0.4) is 0 Å². The van der Waals surface area contributed by atoms with Gasteiger partial charge in [-0.25, -0.2) is 0 Å². The fraction of sp³-hybridized carbons (Fsp3) is 0.545.